The summed E-state index contributed by atoms with van der Waals surface area (Å²) in [6.45, 7) is 7.82. The lowest BCUT2D eigenvalue weighted by Crippen LogP contribution is -2.53. The predicted octanol–water partition coefficient (Wildman–Crippen LogP) is 2.69. The average Bonchev–Trinajstić information content (AvgIpc) is 3.04. The molecule has 22 heavy (non-hydrogen) atoms. The van der Waals surface area contributed by atoms with Crippen molar-refractivity contribution in [1.29, 1.82) is 0 Å². The Kier molecular flexibility index (Phi) is 3.86. The molecular formula is C17H28N2O3. The van der Waals surface area contributed by atoms with Gasteiger partial charge >= 0.3 is 6.09 Å². The van der Waals surface area contributed by atoms with Crippen LogP contribution in [0.3, 0.4) is 0 Å². The van der Waals surface area contributed by atoms with E-state index in [0.29, 0.717) is 5.92 Å². The molecule has 2 amide bonds. The number of nitrogens with one attached hydrogen (secondary N) is 1. The topological polar surface area (TPSA) is 58.6 Å². The van der Waals surface area contributed by atoms with Gasteiger partial charge in [0.15, 0.2) is 0 Å². The Bertz CT molecular complexity index is 457. The van der Waals surface area contributed by atoms with E-state index in [1.54, 1.807) is 0 Å². The Balaban J connectivity index is 1.57. The zero-order valence-corrected chi connectivity index (χ0v) is 14.1. The molecule has 2 saturated heterocycles. The summed E-state index contributed by atoms with van der Waals surface area (Å²) in [7, 11) is 0. The standard InChI is InChI=1S/C17H28N2O3/c1-10-7-14(10)15(20)18-11-8-12-5-6-13(9-11)19(12)16(21)22-17(2,3)4/h10-14H,5-9H2,1-4H3,(H,18,20). The van der Waals surface area contributed by atoms with Gasteiger partial charge in [0.25, 0.3) is 0 Å². The lowest BCUT2D eigenvalue weighted by atomic mass is 9.97. The van der Waals surface area contributed by atoms with Crippen LogP contribution in [0.4, 0.5) is 4.79 Å². The van der Waals surface area contributed by atoms with Gasteiger partial charge in [-0.1, -0.05) is 6.92 Å². The molecule has 4 unspecified atom stereocenters. The molecule has 3 aliphatic rings. The highest BCUT2D eigenvalue weighted by Gasteiger charge is 2.46. The highest BCUT2D eigenvalue weighted by Crippen LogP contribution is 2.40. The van der Waals surface area contributed by atoms with Crippen molar-refractivity contribution < 1.29 is 14.3 Å². The van der Waals surface area contributed by atoms with Crippen molar-refractivity contribution in [2.24, 2.45) is 11.8 Å². The van der Waals surface area contributed by atoms with E-state index >= 15 is 0 Å². The quantitative estimate of drug-likeness (QED) is 0.853. The average molecular weight is 308 g/mol. The molecule has 0 aromatic heterocycles. The van der Waals surface area contributed by atoms with E-state index in [1.165, 1.54) is 0 Å². The van der Waals surface area contributed by atoms with Crippen LogP contribution in [0, 0.1) is 11.8 Å². The molecule has 1 aliphatic carbocycles. The SMILES string of the molecule is CC1CC1C(=O)NC1CC2CCC(C1)N2C(=O)OC(C)(C)C. The summed E-state index contributed by atoms with van der Waals surface area (Å²) in [5.41, 5.74) is -0.455. The van der Waals surface area contributed by atoms with E-state index in [0.717, 1.165) is 32.1 Å². The maximum atomic E-state index is 12.4. The molecule has 5 nitrogen and oxygen atoms in total. The Hall–Kier alpha value is -1.26. The first-order valence-corrected chi connectivity index (χ1v) is 8.56. The number of carbonyl (C=O) groups is 2. The molecule has 2 aliphatic heterocycles. The van der Waals surface area contributed by atoms with E-state index in [2.05, 4.69) is 12.2 Å². The third-order valence-corrected chi connectivity index (χ3v) is 5.13. The van der Waals surface area contributed by atoms with Crippen LogP contribution in [0.2, 0.25) is 0 Å². The van der Waals surface area contributed by atoms with Gasteiger partial charge in [-0.2, -0.15) is 0 Å². The van der Waals surface area contributed by atoms with Gasteiger partial charge in [0.2, 0.25) is 5.91 Å². The van der Waals surface area contributed by atoms with Crippen LogP contribution in [0.15, 0.2) is 0 Å². The normalized spacial score (nSPS) is 36.9. The Morgan fingerprint density at radius 1 is 1.09 bits per heavy atom. The summed E-state index contributed by atoms with van der Waals surface area (Å²) < 4.78 is 5.54. The van der Waals surface area contributed by atoms with Gasteiger partial charge in [0.1, 0.15) is 5.60 Å². The van der Waals surface area contributed by atoms with Crippen molar-refractivity contribution in [2.45, 2.75) is 83.5 Å². The molecule has 5 heteroatoms. The minimum atomic E-state index is -0.455. The molecule has 2 heterocycles. The van der Waals surface area contributed by atoms with Crippen LogP contribution >= 0.6 is 0 Å². The number of carbonyl (C=O) groups excluding carboxylic acids is 2. The fourth-order valence-corrected chi connectivity index (χ4v) is 3.90. The van der Waals surface area contributed by atoms with Gasteiger partial charge in [-0.15, -0.1) is 0 Å². The maximum absolute atomic E-state index is 12.4. The molecule has 3 rings (SSSR count). The van der Waals surface area contributed by atoms with E-state index in [1.807, 2.05) is 25.7 Å². The number of nitrogens with zero attached hydrogens (tertiary/aromatic N) is 1. The zero-order chi connectivity index (χ0) is 16.1. The van der Waals surface area contributed by atoms with Gasteiger partial charge in [-0.05, 0) is 58.8 Å². The third kappa shape index (κ3) is 3.23. The molecule has 124 valence electrons. The molecule has 3 fully saturated rings. The summed E-state index contributed by atoms with van der Waals surface area (Å²) in [6, 6.07) is 0.655. The lowest BCUT2D eigenvalue weighted by molar-refractivity contribution is -0.123. The maximum Gasteiger partial charge on any atom is 0.410 e. The minimum Gasteiger partial charge on any atom is -0.444 e. The van der Waals surface area contributed by atoms with Crippen molar-refractivity contribution in [1.82, 2.24) is 10.2 Å². The van der Waals surface area contributed by atoms with Crippen molar-refractivity contribution in [2.75, 3.05) is 0 Å². The number of rotatable bonds is 2. The first kappa shape index (κ1) is 15.6. The fourth-order valence-electron chi connectivity index (χ4n) is 3.90. The second kappa shape index (κ2) is 5.43. The molecule has 1 N–H and O–H groups in total. The van der Waals surface area contributed by atoms with Gasteiger partial charge in [-0.25, -0.2) is 4.79 Å². The van der Waals surface area contributed by atoms with Gasteiger partial charge < -0.3 is 15.0 Å². The summed E-state index contributed by atoms with van der Waals surface area (Å²) in [5, 5.41) is 3.20. The minimum absolute atomic E-state index is 0.194. The molecular weight excluding hydrogens is 280 g/mol. The van der Waals surface area contributed by atoms with E-state index in [4.69, 9.17) is 4.74 Å². The fraction of sp³-hybridized carbons (Fsp3) is 0.882. The van der Waals surface area contributed by atoms with E-state index in [9.17, 15) is 9.59 Å². The molecule has 1 saturated carbocycles. The van der Waals surface area contributed by atoms with Crippen LogP contribution in [-0.4, -0.2) is 40.6 Å². The molecule has 0 radical (unpaired) electrons. The summed E-state index contributed by atoms with van der Waals surface area (Å²) in [4.78, 5) is 26.4. The zero-order valence-electron chi connectivity index (χ0n) is 14.1. The van der Waals surface area contributed by atoms with Crippen LogP contribution in [-0.2, 0) is 9.53 Å². The van der Waals surface area contributed by atoms with Crippen molar-refractivity contribution >= 4 is 12.0 Å². The molecule has 0 aromatic carbocycles. The molecule has 0 aromatic rings. The summed E-state index contributed by atoms with van der Waals surface area (Å²) in [5.74, 6) is 0.975. The van der Waals surface area contributed by atoms with Crippen molar-refractivity contribution in [3.8, 4) is 0 Å². The van der Waals surface area contributed by atoms with E-state index < -0.39 is 5.60 Å². The van der Waals surface area contributed by atoms with Gasteiger partial charge in [-0.3, -0.25) is 4.79 Å². The number of fused-ring (bicyclic) bond motifs is 2. The van der Waals surface area contributed by atoms with Crippen molar-refractivity contribution in [3.05, 3.63) is 0 Å². The van der Waals surface area contributed by atoms with E-state index in [-0.39, 0.29) is 36.0 Å². The monoisotopic (exact) mass is 308 g/mol. The Morgan fingerprint density at radius 2 is 1.64 bits per heavy atom. The van der Waals surface area contributed by atoms with Crippen LogP contribution < -0.4 is 5.32 Å². The molecule has 4 atom stereocenters. The number of piperidine rings is 1. The first-order valence-electron chi connectivity index (χ1n) is 8.56. The largest absolute Gasteiger partial charge is 0.444 e. The predicted molar refractivity (Wildman–Crippen MR) is 83.3 cm³/mol. The summed E-state index contributed by atoms with van der Waals surface area (Å²) in [6.07, 6.45) is 4.60. The third-order valence-electron chi connectivity index (χ3n) is 5.13. The second-order valence-corrected chi connectivity index (χ2v) is 8.27. The smallest absolute Gasteiger partial charge is 0.410 e. The van der Waals surface area contributed by atoms with Crippen LogP contribution in [0.1, 0.15) is 59.8 Å². The second-order valence-electron chi connectivity index (χ2n) is 8.27. The number of amides is 2. The first-order chi connectivity index (χ1) is 10.2. The van der Waals surface area contributed by atoms with Crippen LogP contribution in [0.5, 0.6) is 0 Å². The highest BCUT2D eigenvalue weighted by molar-refractivity contribution is 5.81. The number of hydrogen-bond acceptors (Lipinski definition) is 3. The van der Waals surface area contributed by atoms with Crippen LogP contribution in [0.25, 0.3) is 0 Å². The van der Waals surface area contributed by atoms with Crippen molar-refractivity contribution in [3.63, 3.8) is 0 Å². The molecule has 2 bridgehead atoms. The lowest BCUT2D eigenvalue weighted by Gasteiger charge is -2.39. The molecule has 0 spiro atoms. The van der Waals surface area contributed by atoms with Gasteiger partial charge in [0, 0.05) is 24.0 Å². The Labute approximate surface area is 132 Å². The number of ether oxygens (including phenoxy) is 1. The Morgan fingerprint density at radius 3 is 2.09 bits per heavy atom. The number of hydrogen-bond donors (Lipinski definition) is 1. The highest BCUT2D eigenvalue weighted by atomic mass is 16.6. The van der Waals surface area contributed by atoms with Gasteiger partial charge in [0.05, 0.1) is 0 Å². The summed E-state index contributed by atoms with van der Waals surface area (Å²) >= 11 is 0.